The molecule has 262 valence electrons. The molecule has 1 spiro atoms. The van der Waals surface area contributed by atoms with Gasteiger partial charge < -0.3 is 5.32 Å². The molecule has 0 radical (unpaired) electrons. The second-order valence-corrected chi connectivity index (χ2v) is 15.9. The van der Waals surface area contributed by atoms with E-state index in [2.05, 4.69) is 187 Å². The van der Waals surface area contributed by atoms with Gasteiger partial charge in [0, 0.05) is 26.3 Å². The Bertz CT molecular complexity index is 3130. The lowest BCUT2D eigenvalue weighted by molar-refractivity contribution is 0.762. The molecule has 2 atom stereocenters. The summed E-state index contributed by atoms with van der Waals surface area (Å²) in [6, 6.07) is 68.3. The van der Waals surface area contributed by atoms with Crippen LogP contribution in [0.3, 0.4) is 0 Å². The number of hydrogen-bond acceptors (Lipinski definition) is 4. The van der Waals surface area contributed by atoms with Crippen LogP contribution >= 0.6 is 11.3 Å². The molecule has 3 aliphatic rings. The lowest BCUT2D eigenvalue weighted by atomic mass is 9.70. The number of rotatable bonds is 4. The van der Waals surface area contributed by atoms with Gasteiger partial charge in [-0.05, 0) is 78.4 Å². The molecule has 0 bridgehead atoms. The van der Waals surface area contributed by atoms with Crippen molar-refractivity contribution in [1.82, 2.24) is 5.32 Å². The molecule has 12 rings (SSSR count). The molecule has 0 amide bonds. The third-order valence-corrected chi connectivity index (χ3v) is 13.2. The molecule has 0 saturated carbocycles. The monoisotopic (exact) mass is 731 g/mol. The summed E-state index contributed by atoms with van der Waals surface area (Å²) in [4.78, 5) is 12.0. The van der Waals surface area contributed by atoms with Crippen molar-refractivity contribution in [2.24, 2.45) is 9.98 Å². The summed E-state index contributed by atoms with van der Waals surface area (Å²) < 4.78 is 1.33. The van der Waals surface area contributed by atoms with E-state index in [4.69, 9.17) is 9.98 Å². The summed E-state index contributed by atoms with van der Waals surface area (Å²) in [7, 11) is 0. The van der Waals surface area contributed by atoms with Crippen LogP contribution in [0.4, 0.5) is 0 Å². The van der Waals surface area contributed by atoms with Gasteiger partial charge in [-0.15, -0.1) is 11.3 Å². The molecular formula is C52H33N3S. The van der Waals surface area contributed by atoms with E-state index in [-0.39, 0.29) is 0 Å². The molecule has 1 N–H and O–H groups in total. The highest BCUT2D eigenvalue weighted by Crippen LogP contribution is 2.66. The van der Waals surface area contributed by atoms with Crippen molar-refractivity contribution in [3.63, 3.8) is 0 Å². The van der Waals surface area contributed by atoms with Crippen LogP contribution in [-0.4, -0.2) is 11.7 Å². The first-order chi connectivity index (χ1) is 27.8. The fourth-order valence-corrected chi connectivity index (χ4v) is 10.9. The molecule has 1 aromatic heterocycles. The number of aliphatic imine (C=N–C) groups is 2. The van der Waals surface area contributed by atoms with Gasteiger partial charge in [-0.25, -0.2) is 9.98 Å². The Morgan fingerprint density at radius 2 is 1.07 bits per heavy atom. The second kappa shape index (κ2) is 12.1. The van der Waals surface area contributed by atoms with Gasteiger partial charge in [-0.2, -0.15) is 0 Å². The quantitative estimate of drug-likeness (QED) is 0.192. The summed E-state index contributed by atoms with van der Waals surface area (Å²) >= 11 is 1.92. The molecule has 2 aliphatic carbocycles. The maximum Gasteiger partial charge on any atom is 0.170 e. The maximum atomic E-state index is 5.42. The molecular weight excluding hydrogens is 699 g/mol. The Morgan fingerprint density at radius 1 is 0.446 bits per heavy atom. The molecule has 2 unspecified atom stereocenters. The van der Waals surface area contributed by atoms with E-state index in [1.807, 2.05) is 17.4 Å². The van der Waals surface area contributed by atoms with E-state index in [0.29, 0.717) is 0 Å². The highest BCUT2D eigenvalue weighted by molar-refractivity contribution is 7.22. The van der Waals surface area contributed by atoms with Crippen LogP contribution in [0.1, 0.15) is 45.1 Å². The van der Waals surface area contributed by atoms with Gasteiger partial charge in [-0.1, -0.05) is 176 Å². The van der Waals surface area contributed by atoms with Crippen LogP contribution < -0.4 is 5.32 Å². The van der Waals surface area contributed by atoms with Crippen LogP contribution in [0.15, 0.2) is 198 Å². The predicted molar refractivity (Wildman–Crippen MR) is 233 cm³/mol. The van der Waals surface area contributed by atoms with Gasteiger partial charge in [0.1, 0.15) is 11.7 Å². The van der Waals surface area contributed by atoms with Crippen molar-refractivity contribution in [1.29, 1.82) is 0 Å². The second-order valence-electron chi connectivity index (χ2n) is 14.8. The summed E-state index contributed by atoms with van der Waals surface area (Å²) in [5, 5.41) is 7.38. The number of amidine groups is 2. The lowest BCUT2D eigenvalue weighted by Gasteiger charge is -2.31. The van der Waals surface area contributed by atoms with Gasteiger partial charge in [0.15, 0.2) is 6.17 Å². The number of thiophene rings is 1. The Labute approximate surface area is 329 Å². The Kier molecular flexibility index (Phi) is 6.78. The van der Waals surface area contributed by atoms with E-state index in [1.165, 1.54) is 59.3 Å². The van der Waals surface area contributed by atoms with Crippen molar-refractivity contribution in [3.05, 3.63) is 227 Å². The average molecular weight is 732 g/mol. The SMILES string of the molecule is c1ccc(C2=NC(c3cccc4ccccc34)N=C(c3ccccc3-c3ccc4c(c3)C3(c5ccccc5-4)c4ccccc4-c4sc5ccccc5c43)N2)cc1. The lowest BCUT2D eigenvalue weighted by Crippen LogP contribution is -2.36. The highest BCUT2D eigenvalue weighted by atomic mass is 32.1. The first-order valence-electron chi connectivity index (χ1n) is 19.2. The molecule has 2 heterocycles. The average Bonchev–Trinajstić information content (AvgIpc) is 3.90. The number of benzene rings is 8. The number of nitrogens with zero attached hydrogens (tertiary/aromatic N) is 2. The van der Waals surface area contributed by atoms with Crippen LogP contribution in [-0.2, 0) is 5.41 Å². The topological polar surface area (TPSA) is 36.8 Å². The zero-order valence-electron chi connectivity index (χ0n) is 30.3. The van der Waals surface area contributed by atoms with Crippen LogP contribution in [0, 0.1) is 0 Å². The molecule has 0 fully saturated rings. The van der Waals surface area contributed by atoms with Crippen LogP contribution in [0.5, 0.6) is 0 Å². The molecule has 4 heteroatoms. The van der Waals surface area contributed by atoms with E-state index >= 15 is 0 Å². The van der Waals surface area contributed by atoms with Crippen LogP contribution in [0.2, 0.25) is 0 Å². The number of nitrogens with one attached hydrogen (secondary N) is 1. The fraction of sp³-hybridized carbons (Fsp3) is 0.0385. The van der Waals surface area contributed by atoms with Gasteiger partial charge in [-0.3, -0.25) is 0 Å². The first-order valence-corrected chi connectivity index (χ1v) is 20.0. The Balaban J connectivity index is 1.07. The van der Waals surface area contributed by atoms with Crippen LogP contribution in [0.25, 0.3) is 53.6 Å². The van der Waals surface area contributed by atoms with Crippen molar-refractivity contribution >= 4 is 43.9 Å². The minimum absolute atomic E-state index is 0.418. The van der Waals surface area contributed by atoms with Gasteiger partial charge in [0.2, 0.25) is 0 Å². The zero-order valence-corrected chi connectivity index (χ0v) is 31.1. The summed E-state index contributed by atoms with van der Waals surface area (Å²) in [5.41, 5.74) is 14.4. The standard InChI is InChI=1S/C52H33N3S/c1-2-16-33(17-3-1)49-53-50(55-51(54-49)40-25-14-18-32-15-4-5-19-35(32)40)39-22-7-6-20-36(39)34-29-30-38-37-21-8-11-26-43(37)52(45(38)31-34)44-27-12-9-23-41(44)48-47(52)42-24-10-13-28-46(42)56-48/h1-31,51H,(H,53,54,55). The van der Waals surface area contributed by atoms with E-state index in [0.717, 1.165) is 44.9 Å². The van der Waals surface area contributed by atoms with Gasteiger partial charge in [0.05, 0.1) is 5.41 Å². The zero-order chi connectivity index (χ0) is 36.8. The first kappa shape index (κ1) is 31.5. The molecule has 1 aliphatic heterocycles. The molecule has 3 nitrogen and oxygen atoms in total. The van der Waals surface area contributed by atoms with Gasteiger partial charge >= 0.3 is 0 Å². The molecule has 0 saturated heterocycles. The van der Waals surface area contributed by atoms with E-state index < -0.39 is 11.6 Å². The van der Waals surface area contributed by atoms with Crippen molar-refractivity contribution in [3.8, 4) is 32.7 Å². The normalized spacial score (nSPS) is 17.5. The molecule has 56 heavy (non-hydrogen) atoms. The summed E-state index contributed by atoms with van der Waals surface area (Å²) in [6.07, 6.45) is -0.418. The van der Waals surface area contributed by atoms with Crippen molar-refractivity contribution < 1.29 is 0 Å². The largest absolute Gasteiger partial charge is 0.324 e. The van der Waals surface area contributed by atoms with Gasteiger partial charge in [0.25, 0.3) is 0 Å². The smallest absolute Gasteiger partial charge is 0.170 e. The third-order valence-electron chi connectivity index (χ3n) is 12.0. The van der Waals surface area contributed by atoms with Crippen molar-refractivity contribution in [2.45, 2.75) is 11.6 Å². The molecule has 8 aromatic carbocycles. The fourth-order valence-electron chi connectivity index (χ4n) is 9.64. The molecule has 9 aromatic rings. The maximum absolute atomic E-state index is 5.42. The highest BCUT2D eigenvalue weighted by Gasteiger charge is 2.53. The van der Waals surface area contributed by atoms with E-state index in [9.17, 15) is 0 Å². The summed E-state index contributed by atoms with van der Waals surface area (Å²) in [6.45, 7) is 0. The van der Waals surface area contributed by atoms with E-state index in [1.54, 1.807) is 0 Å². The third kappa shape index (κ3) is 4.39. The Morgan fingerprint density at radius 3 is 1.93 bits per heavy atom. The Hall–Kier alpha value is -6.88. The summed E-state index contributed by atoms with van der Waals surface area (Å²) in [5.74, 6) is 1.62. The number of fused-ring (bicyclic) bond motifs is 13. The predicted octanol–water partition coefficient (Wildman–Crippen LogP) is 12.6. The van der Waals surface area contributed by atoms with Crippen molar-refractivity contribution in [2.75, 3.05) is 0 Å². The minimum atomic E-state index is -0.435. The number of hydrogen-bond donors (Lipinski definition) is 1. The minimum Gasteiger partial charge on any atom is -0.324 e.